The van der Waals surface area contributed by atoms with Crippen LogP contribution in [-0.2, 0) is 11.2 Å². The zero-order valence-electron chi connectivity index (χ0n) is 18.4. The lowest BCUT2D eigenvalue weighted by Gasteiger charge is -2.21. The van der Waals surface area contributed by atoms with Crippen LogP contribution in [0.1, 0.15) is 46.1 Å². The van der Waals surface area contributed by atoms with Crippen LogP contribution in [0.4, 0.5) is 10.1 Å². The van der Waals surface area contributed by atoms with Crippen molar-refractivity contribution in [1.29, 1.82) is 0 Å². The van der Waals surface area contributed by atoms with E-state index in [-0.39, 0.29) is 28.1 Å². The molecule has 0 aliphatic carbocycles. The number of benzene rings is 2. The van der Waals surface area contributed by atoms with Crippen LogP contribution in [0.2, 0.25) is 5.02 Å². The van der Waals surface area contributed by atoms with Gasteiger partial charge in [-0.05, 0) is 61.6 Å². The molecule has 2 aliphatic heterocycles. The summed E-state index contributed by atoms with van der Waals surface area (Å²) in [5.41, 5.74) is 3.69. The maximum absolute atomic E-state index is 13.9. The maximum Gasteiger partial charge on any atom is 0.294 e. The van der Waals surface area contributed by atoms with Gasteiger partial charge in [-0.25, -0.2) is 4.39 Å². The fourth-order valence-corrected chi connectivity index (χ4v) is 5.18. The molecule has 0 bridgehead atoms. The highest BCUT2D eigenvalue weighted by Crippen LogP contribution is 2.34. The van der Waals surface area contributed by atoms with Gasteiger partial charge < -0.3 is 14.6 Å². The molecule has 2 aliphatic rings. The molecule has 174 valence electrons. The number of ether oxygens (including phenoxy) is 1. The molecule has 0 unspecified atom stereocenters. The number of carbonyl (C=O) groups excluding carboxylic acids is 1. The molecule has 4 heterocycles. The fourth-order valence-electron chi connectivity index (χ4n) is 5.03. The second kappa shape index (κ2) is 7.89. The Kier molecular flexibility index (Phi) is 4.93. The van der Waals surface area contributed by atoms with Crippen molar-refractivity contribution in [2.24, 2.45) is 0 Å². The standard InChI is InChI=1S/C24H21ClFN5O3/c1-12-8-20-18(27-23(32)22-29-28-21(31(20)22)13-3-6-34-7-4-13)10-15(12)24(33)30-5-2-14-9-17(26)16(25)11-19(14)30/h8-11,13H,2-7H2,1H3,(H,27,32). The summed E-state index contributed by atoms with van der Waals surface area (Å²) < 4.78 is 21.2. The minimum Gasteiger partial charge on any atom is -0.381 e. The number of hydrogen-bond acceptors (Lipinski definition) is 5. The van der Waals surface area contributed by atoms with Crippen molar-refractivity contribution in [1.82, 2.24) is 19.6 Å². The van der Waals surface area contributed by atoms with E-state index in [1.807, 2.05) is 13.0 Å². The van der Waals surface area contributed by atoms with Gasteiger partial charge in [0.15, 0.2) is 0 Å². The topological polar surface area (TPSA) is 92.6 Å². The molecule has 4 aromatic rings. The van der Waals surface area contributed by atoms with Gasteiger partial charge in [0.25, 0.3) is 11.5 Å². The number of halogens is 2. The third-order valence-corrected chi connectivity index (χ3v) is 7.09. The van der Waals surface area contributed by atoms with Gasteiger partial charge in [-0.1, -0.05) is 11.6 Å². The number of fused-ring (bicyclic) bond motifs is 4. The highest BCUT2D eigenvalue weighted by molar-refractivity contribution is 6.31. The lowest BCUT2D eigenvalue weighted by atomic mass is 9.99. The van der Waals surface area contributed by atoms with Gasteiger partial charge in [0.05, 0.1) is 16.1 Å². The highest BCUT2D eigenvalue weighted by atomic mass is 35.5. The summed E-state index contributed by atoms with van der Waals surface area (Å²) in [6.07, 6.45) is 2.17. The Bertz CT molecular complexity index is 1540. The number of rotatable bonds is 2. The number of aromatic amines is 1. The summed E-state index contributed by atoms with van der Waals surface area (Å²) in [4.78, 5) is 30.8. The fraction of sp³-hybridized carbons (Fsp3) is 0.333. The van der Waals surface area contributed by atoms with E-state index in [9.17, 15) is 14.0 Å². The Labute approximate surface area is 198 Å². The normalized spacial score (nSPS) is 16.5. The zero-order chi connectivity index (χ0) is 23.6. The van der Waals surface area contributed by atoms with Gasteiger partial charge in [-0.2, -0.15) is 0 Å². The third-order valence-electron chi connectivity index (χ3n) is 6.80. The first kappa shape index (κ1) is 21.2. The van der Waals surface area contributed by atoms with Crippen molar-refractivity contribution < 1.29 is 13.9 Å². The molecule has 1 saturated heterocycles. The first-order valence-corrected chi connectivity index (χ1v) is 11.6. The van der Waals surface area contributed by atoms with Gasteiger partial charge in [-0.15, -0.1) is 10.2 Å². The maximum atomic E-state index is 13.9. The molecule has 0 saturated carbocycles. The van der Waals surface area contributed by atoms with E-state index in [4.69, 9.17) is 16.3 Å². The quantitative estimate of drug-likeness (QED) is 0.470. The number of amides is 1. The van der Waals surface area contributed by atoms with Crippen molar-refractivity contribution in [3.05, 3.63) is 68.0 Å². The number of anilines is 1. The smallest absolute Gasteiger partial charge is 0.294 e. The predicted molar refractivity (Wildman–Crippen MR) is 125 cm³/mol. The largest absolute Gasteiger partial charge is 0.381 e. The van der Waals surface area contributed by atoms with E-state index in [2.05, 4.69) is 15.2 Å². The molecular formula is C24H21ClFN5O3. The van der Waals surface area contributed by atoms with Crippen LogP contribution in [0.25, 0.3) is 16.7 Å². The van der Waals surface area contributed by atoms with Crippen LogP contribution in [0.15, 0.2) is 29.1 Å². The molecule has 6 rings (SSSR count). The molecule has 1 fully saturated rings. The summed E-state index contributed by atoms with van der Waals surface area (Å²) in [7, 11) is 0. The molecule has 1 N–H and O–H groups in total. The lowest BCUT2D eigenvalue weighted by molar-refractivity contribution is 0.0834. The summed E-state index contributed by atoms with van der Waals surface area (Å²) in [6.45, 7) is 3.57. The van der Waals surface area contributed by atoms with Crippen LogP contribution >= 0.6 is 11.6 Å². The lowest BCUT2D eigenvalue weighted by Crippen LogP contribution is -2.29. The second-order valence-corrected chi connectivity index (χ2v) is 9.25. The number of hydrogen-bond donors (Lipinski definition) is 1. The molecule has 10 heteroatoms. The second-order valence-electron chi connectivity index (χ2n) is 8.84. The third kappa shape index (κ3) is 3.22. The van der Waals surface area contributed by atoms with Gasteiger partial charge >= 0.3 is 0 Å². The van der Waals surface area contributed by atoms with E-state index in [1.165, 1.54) is 12.1 Å². The Balaban J connectivity index is 1.48. The Hall–Kier alpha value is -3.30. The monoisotopic (exact) mass is 481 g/mol. The molecule has 1 amide bonds. The van der Waals surface area contributed by atoms with Crippen LogP contribution in [0.3, 0.4) is 0 Å². The summed E-state index contributed by atoms with van der Waals surface area (Å²) in [5.74, 6) is 0.155. The number of aryl methyl sites for hydroxylation is 1. The molecule has 8 nitrogen and oxygen atoms in total. The van der Waals surface area contributed by atoms with Crippen LogP contribution < -0.4 is 10.5 Å². The van der Waals surface area contributed by atoms with Gasteiger partial charge in [0.1, 0.15) is 11.6 Å². The number of nitrogens with zero attached hydrogens (tertiary/aromatic N) is 4. The van der Waals surface area contributed by atoms with Gasteiger partial charge in [-0.3, -0.25) is 14.0 Å². The van der Waals surface area contributed by atoms with E-state index in [1.54, 1.807) is 15.4 Å². The predicted octanol–water partition coefficient (Wildman–Crippen LogP) is 3.77. The molecular weight excluding hydrogens is 461 g/mol. The average molecular weight is 482 g/mol. The zero-order valence-corrected chi connectivity index (χ0v) is 19.2. The minimum absolute atomic E-state index is 0.0198. The molecule has 2 aromatic carbocycles. The molecule has 0 spiro atoms. The average Bonchev–Trinajstić information content (AvgIpc) is 3.45. The van der Waals surface area contributed by atoms with E-state index >= 15 is 0 Å². The van der Waals surface area contributed by atoms with E-state index in [0.717, 1.165) is 35.3 Å². The van der Waals surface area contributed by atoms with Crippen molar-refractivity contribution in [3.63, 3.8) is 0 Å². The summed E-state index contributed by atoms with van der Waals surface area (Å²) in [6, 6.07) is 6.46. The van der Waals surface area contributed by atoms with Crippen LogP contribution in [0, 0.1) is 12.7 Å². The number of aromatic nitrogens is 4. The van der Waals surface area contributed by atoms with Gasteiger partial charge in [0, 0.05) is 36.9 Å². The summed E-state index contributed by atoms with van der Waals surface area (Å²) >= 11 is 5.98. The first-order valence-electron chi connectivity index (χ1n) is 11.2. The molecule has 0 atom stereocenters. The molecule has 2 aromatic heterocycles. The van der Waals surface area contributed by atoms with Crippen molar-refractivity contribution >= 4 is 39.9 Å². The minimum atomic E-state index is -0.493. The SMILES string of the molecule is Cc1cc2c(cc1C(=O)N1CCc3cc(F)c(Cl)cc31)[nH]c(=O)c1nnc(C3CCOCC3)n12. The van der Waals surface area contributed by atoms with Crippen molar-refractivity contribution in [2.75, 3.05) is 24.7 Å². The summed E-state index contributed by atoms with van der Waals surface area (Å²) in [5, 5.41) is 8.46. The van der Waals surface area contributed by atoms with E-state index in [0.29, 0.717) is 42.9 Å². The number of nitrogens with one attached hydrogen (secondary N) is 1. The Morgan fingerprint density at radius 2 is 2.00 bits per heavy atom. The van der Waals surface area contributed by atoms with Crippen LogP contribution in [-0.4, -0.2) is 45.2 Å². The van der Waals surface area contributed by atoms with Crippen molar-refractivity contribution in [2.45, 2.75) is 32.1 Å². The molecule has 34 heavy (non-hydrogen) atoms. The van der Waals surface area contributed by atoms with Crippen LogP contribution in [0.5, 0.6) is 0 Å². The molecule has 0 radical (unpaired) electrons. The number of carbonyl (C=O) groups is 1. The first-order chi connectivity index (χ1) is 16.4. The Morgan fingerprint density at radius 3 is 2.79 bits per heavy atom. The van der Waals surface area contributed by atoms with E-state index < -0.39 is 5.82 Å². The Morgan fingerprint density at radius 1 is 1.21 bits per heavy atom. The number of H-pyrrole nitrogens is 1. The van der Waals surface area contributed by atoms with Gasteiger partial charge in [0.2, 0.25) is 5.65 Å². The van der Waals surface area contributed by atoms with Crippen molar-refractivity contribution in [3.8, 4) is 0 Å². The highest BCUT2D eigenvalue weighted by Gasteiger charge is 2.29.